The average Bonchev–Trinajstić information content (AvgIpc) is 2.97. The van der Waals surface area contributed by atoms with E-state index in [1.807, 2.05) is 61.5 Å². The van der Waals surface area contributed by atoms with E-state index in [4.69, 9.17) is 9.84 Å². The third-order valence-electron chi connectivity index (χ3n) is 6.61. The highest BCUT2D eigenvalue weighted by atomic mass is 16.5. The van der Waals surface area contributed by atoms with Gasteiger partial charge in [0.25, 0.3) is 0 Å². The first kappa shape index (κ1) is 31.8. The SMILES string of the molecule is COCCCN(CC(=O)N[C@@H](CCC(=O)O)c1ccccc1)C(=O)Cc1ccc(NC(=O)Nc2ccccc2C)cc1. The van der Waals surface area contributed by atoms with E-state index in [9.17, 15) is 19.2 Å². The number of anilines is 2. The molecule has 0 radical (unpaired) electrons. The first-order chi connectivity index (χ1) is 20.2. The van der Waals surface area contributed by atoms with Crippen LogP contribution < -0.4 is 16.0 Å². The zero-order chi connectivity index (χ0) is 30.3. The fraction of sp³-hybridized carbons (Fsp3) is 0.312. The van der Waals surface area contributed by atoms with Gasteiger partial charge in [-0.2, -0.15) is 0 Å². The van der Waals surface area contributed by atoms with Gasteiger partial charge >= 0.3 is 12.0 Å². The number of carbonyl (C=O) groups is 4. The van der Waals surface area contributed by atoms with Crippen molar-refractivity contribution >= 4 is 35.2 Å². The number of hydrogen-bond acceptors (Lipinski definition) is 5. The zero-order valence-electron chi connectivity index (χ0n) is 24.0. The molecule has 4 amide bonds. The van der Waals surface area contributed by atoms with Gasteiger partial charge in [-0.3, -0.25) is 14.4 Å². The maximum Gasteiger partial charge on any atom is 0.323 e. The highest BCUT2D eigenvalue weighted by Gasteiger charge is 2.21. The molecule has 1 atom stereocenters. The number of carbonyl (C=O) groups excluding carboxylic acids is 3. The summed E-state index contributed by atoms with van der Waals surface area (Å²) in [7, 11) is 1.57. The van der Waals surface area contributed by atoms with E-state index in [1.165, 1.54) is 4.90 Å². The number of hydrogen-bond donors (Lipinski definition) is 4. The van der Waals surface area contributed by atoms with Crippen LogP contribution >= 0.6 is 0 Å². The van der Waals surface area contributed by atoms with Gasteiger partial charge in [0.2, 0.25) is 11.8 Å². The van der Waals surface area contributed by atoms with E-state index in [0.717, 1.165) is 16.7 Å². The number of carboxylic acid groups (broad SMARTS) is 1. The number of nitrogens with zero attached hydrogens (tertiary/aromatic N) is 1. The van der Waals surface area contributed by atoms with Gasteiger partial charge in [-0.05, 0) is 54.7 Å². The molecule has 0 heterocycles. The van der Waals surface area contributed by atoms with Crippen molar-refractivity contribution in [3.63, 3.8) is 0 Å². The minimum absolute atomic E-state index is 0.0665. The summed E-state index contributed by atoms with van der Waals surface area (Å²) in [6, 6.07) is 22.7. The summed E-state index contributed by atoms with van der Waals surface area (Å²) in [4.78, 5) is 51.3. The van der Waals surface area contributed by atoms with E-state index in [1.54, 1.807) is 31.4 Å². The number of amides is 4. The van der Waals surface area contributed by atoms with E-state index >= 15 is 0 Å². The Hall–Kier alpha value is -4.70. The van der Waals surface area contributed by atoms with Gasteiger partial charge in [0.15, 0.2) is 0 Å². The highest BCUT2D eigenvalue weighted by Crippen LogP contribution is 2.19. The number of benzene rings is 3. The maximum absolute atomic E-state index is 13.3. The van der Waals surface area contributed by atoms with Gasteiger partial charge in [-0.25, -0.2) is 4.79 Å². The number of para-hydroxylation sites is 1. The predicted octanol–water partition coefficient (Wildman–Crippen LogP) is 4.77. The van der Waals surface area contributed by atoms with Crippen LogP contribution in [0.25, 0.3) is 0 Å². The van der Waals surface area contributed by atoms with Crippen molar-refractivity contribution in [3.05, 3.63) is 95.6 Å². The van der Waals surface area contributed by atoms with Gasteiger partial charge in [-0.15, -0.1) is 0 Å². The molecule has 0 aliphatic rings. The van der Waals surface area contributed by atoms with Crippen molar-refractivity contribution in [1.82, 2.24) is 10.2 Å². The summed E-state index contributed by atoms with van der Waals surface area (Å²) in [5.41, 5.74) is 3.76. The van der Waals surface area contributed by atoms with Crippen LogP contribution in [0.5, 0.6) is 0 Å². The summed E-state index contributed by atoms with van der Waals surface area (Å²) in [5.74, 6) is -1.56. The Labute approximate surface area is 246 Å². The molecule has 4 N–H and O–H groups in total. The first-order valence-corrected chi connectivity index (χ1v) is 13.8. The van der Waals surface area contributed by atoms with Gasteiger partial charge in [-0.1, -0.05) is 60.7 Å². The predicted molar refractivity (Wildman–Crippen MR) is 161 cm³/mol. The molecule has 0 aliphatic heterocycles. The number of methoxy groups -OCH3 is 1. The molecule has 3 rings (SSSR count). The molecule has 0 bridgehead atoms. The number of nitrogens with one attached hydrogen (secondary N) is 3. The largest absolute Gasteiger partial charge is 0.481 e. The second-order valence-corrected chi connectivity index (χ2v) is 9.89. The van der Waals surface area contributed by atoms with Crippen LogP contribution in [-0.2, 0) is 25.5 Å². The van der Waals surface area contributed by atoms with Gasteiger partial charge < -0.3 is 30.7 Å². The lowest BCUT2D eigenvalue weighted by molar-refractivity contribution is -0.137. The van der Waals surface area contributed by atoms with Crippen LogP contribution in [-0.4, -0.2) is 60.6 Å². The molecule has 10 heteroatoms. The van der Waals surface area contributed by atoms with Crippen LogP contribution in [0, 0.1) is 6.92 Å². The molecule has 0 saturated heterocycles. The summed E-state index contributed by atoms with van der Waals surface area (Å²) >= 11 is 0. The molecule has 222 valence electrons. The third-order valence-corrected chi connectivity index (χ3v) is 6.61. The minimum atomic E-state index is -0.949. The Morgan fingerprint density at radius 2 is 1.60 bits per heavy atom. The molecule has 3 aromatic rings. The molecule has 3 aromatic carbocycles. The molecule has 0 fully saturated rings. The summed E-state index contributed by atoms with van der Waals surface area (Å²) in [5, 5.41) is 17.6. The Bertz CT molecular complexity index is 1330. The molecular formula is C32H38N4O6. The monoisotopic (exact) mass is 574 g/mol. The van der Waals surface area contributed by atoms with Crippen molar-refractivity contribution in [1.29, 1.82) is 0 Å². The lowest BCUT2D eigenvalue weighted by Crippen LogP contribution is -2.43. The number of rotatable bonds is 15. The smallest absolute Gasteiger partial charge is 0.323 e. The lowest BCUT2D eigenvalue weighted by atomic mass is 10.0. The fourth-order valence-corrected chi connectivity index (χ4v) is 4.37. The molecule has 0 saturated carbocycles. The zero-order valence-corrected chi connectivity index (χ0v) is 24.0. The van der Waals surface area contributed by atoms with Crippen LogP contribution in [0.15, 0.2) is 78.9 Å². The molecule has 0 unspecified atom stereocenters. The first-order valence-electron chi connectivity index (χ1n) is 13.8. The van der Waals surface area contributed by atoms with Crippen molar-refractivity contribution in [2.45, 2.75) is 38.6 Å². The molecule has 0 aliphatic carbocycles. The normalized spacial score (nSPS) is 11.3. The Balaban J connectivity index is 1.60. The topological polar surface area (TPSA) is 137 Å². The standard InChI is InChI=1S/C32H38N4O6/c1-23-9-6-7-12-27(23)35-32(41)33-26-15-13-24(14-16-26)21-30(38)36(19-8-20-42-2)22-29(37)34-28(17-18-31(39)40)25-10-4-3-5-11-25/h3-7,9-16,28H,8,17-22H2,1-2H3,(H,34,37)(H,39,40)(H2,33,35,41)/t28-/m0/s1. The number of ether oxygens (including phenoxy) is 1. The van der Waals surface area contributed by atoms with Gasteiger partial charge in [0.1, 0.15) is 0 Å². The molecule has 0 spiro atoms. The fourth-order valence-electron chi connectivity index (χ4n) is 4.37. The molecule has 42 heavy (non-hydrogen) atoms. The third kappa shape index (κ3) is 10.7. The van der Waals surface area contributed by atoms with Crippen LogP contribution in [0.3, 0.4) is 0 Å². The Morgan fingerprint density at radius 3 is 2.26 bits per heavy atom. The number of carboxylic acids is 1. The van der Waals surface area contributed by atoms with Crippen LogP contribution in [0.1, 0.15) is 42.0 Å². The van der Waals surface area contributed by atoms with Crippen molar-refractivity contribution < 1.29 is 29.0 Å². The molecular weight excluding hydrogens is 536 g/mol. The quantitative estimate of drug-likeness (QED) is 0.193. The lowest BCUT2D eigenvalue weighted by Gasteiger charge is -2.25. The number of aliphatic carboxylic acids is 1. The van der Waals surface area contributed by atoms with Crippen molar-refractivity contribution in [3.8, 4) is 0 Å². The van der Waals surface area contributed by atoms with Crippen LogP contribution in [0.4, 0.5) is 16.2 Å². The second-order valence-electron chi connectivity index (χ2n) is 9.89. The van der Waals surface area contributed by atoms with Crippen LogP contribution in [0.2, 0.25) is 0 Å². The van der Waals surface area contributed by atoms with E-state index in [2.05, 4.69) is 16.0 Å². The highest BCUT2D eigenvalue weighted by molar-refractivity contribution is 6.00. The molecule has 0 aromatic heterocycles. The van der Waals surface area contributed by atoms with Crippen molar-refractivity contribution in [2.24, 2.45) is 0 Å². The summed E-state index contributed by atoms with van der Waals surface area (Å²) < 4.78 is 5.13. The average molecular weight is 575 g/mol. The minimum Gasteiger partial charge on any atom is -0.481 e. The van der Waals surface area contributed by atoms with E-state index in [0.29, 0.717) is 30.9 Å². The van der Waals surface area contributed by atoms with Gasteiger partial charge in [0.05, 0.1) is 19.0 Å². The Kier molecular flexibility index (Phi) is 12.5. The van der Waals surface area contributed by atoms with E-state index < -0.39 is 12.0 Å². The number of urea groups is 1. The second kappa shape index (κ2) is 16.5. The Morgan fingerprint density at radius 1 is 0.905 bits per heavy atom. The summed E-state index contributed by atoms with van der Waals surface area (Å²) in [6.45, 7) is 2.49. The van der Waals surface area contributed by atoms with Gasteiger partial charge in [0, 0.05) is 38.1 Å². The van der Waals surface area contributed by atoms with E-state index in [-0.39, 0.29) is 43.7 Å². The number of aryl methyl sites for hydroxylation is 1. The maximum atomic E-state index is 13.3. The van der Waals surface area contributed by atoms with Crippen molar-refractivity contribution in [2.75, 3.05) is 37.4 Å². The molecule has 10 nitrogen and oxygen atoms in total. The summed E-state index contributed by atoms with van der Waals surface area (Å²) in [6.07, 6.45) is 0.743.